The second-order valence-corrected chi connectivity index (χ2v) is 3.56. The van der Waals surface area contributed by atoms with Gasteiger partial charge in [0.1, 0.15) is 0 Å². The molecule has 0 saturated heterocycles. The lowest BCUT2D eigenvalue weighted by molar-refractivity contribution is 0.540. The van der Waals surface area contributed by atoms with Crippen molar-refractivity contribution in [2.24, 2.45) is 0 Å². The summed E-state index contributed by atoms with van der Waals surface area (Å²) in [6.07, 6.45) is 2.28. The molecular weight excluding hydrogens is 174 g/mol. The first-order chi connectivity index (χ1) is 6.76. The highest BCUT2D eigenvalue weighted by Gasteiger charge is 2.07. The zero-order chi connectivity index (χ0) is 10.8. The molecule has 0 spiro atoms. The van der Waals surface area contributed by atoms with Crippen molar-refractivity contribution >= 4 is 0 Å². The second kappa shape index (κ2) is 9.19. The maximum Gasteiger partial charge on any atom is 0.0400 e. The molecule has 0 aliphatic carbocycles. The van der Waals surface area contributed by atoms with Gasteiger partial charge in [-0.3, -0.25) is 0 Å². The van der Waals surface area contributed by atoms with Gasteiger partial charge in [0.2, 0.25) is 0 Å². The van der Waals surface area contributed by atoms with Gasteiger partial charge in [0.05, 0.1) is 0 Å². The van der Waals surface area contributed by atoms with E-state index in [1.165, 1.54) is 12.0 Å². The second-order valence-electron chi connectivity index (χ2n) is 3.56. The van der Waals surface area contributed by atoms with E-state index in [1.807, 2.05) is 14.1 Å². The molecule has 3 N–H and O–H groups in total. The van der Waals surface area contributed by atoms with E-state index in [1.54, 1.807) is 0 Å². The van der Waals surface area contributed by atoms with Crippen LogP contribution in [0.15, 0.2) is 12.2 Å². The summed E-state index contributed by atoms with van der Waals surface area (Å²) in [6, 6.07) is 0.409. The normalized spacial score (nSPS) is 12.8. The van der Waals surface area contributed by atoms with Crippen molar-refractivity contribution < 1.29 is 0 Å². The highest BCUT2D eigenvalue weighted by Crippen LogP contribution is 2.06. The summed E-state index contributed by atoms with van der Waals surface area (Å²) in [5, 5.41) is 9.78. The molecule has 0 amide bonds. The predicted molar refractivity (Wildman–Crippen MR) is 63.7 cm³/mol. The summed E-state index contributed by atoms with van der Waals surface area (Å²) in [4.78, 5) is 0. The Bertz CT molecular complexity index is 145. The first-order valence-electron chi connectivity index (χ1n) is 5.46. The highest BCUT2D eigenvalue weighted by molar-refractivity contribution is 5.05. The Morgan fingerprint density at radius 2 is 2.00 bits per heavy atom. The van der Waals surface area contributed by atoms with Gasteiger partial charge in [-0.15, -0.1) is 0 Å². The summed E-state index contributed by atoms with van der Waals surface area (Å²) < 4.78 is 0. The van der Waals surface area contributed by atoms with Crippen LogP contribution < -0.4 is 16.0 Å². The molecule has 0 radical (unpaired) electrons. The third-order valence-corrected chi connectivity index (χ3v) is 2.31. The number of likely N-dealkylation sites (N-methyl/N-ethyl adjacent to an activating group) is 2. The molecular formula is C11H25N3. The van der Waals surface area contributed by atoms with Crippen LogP contribution in [0, 0.1) is 0 Å². The average Bonchev–Trinajstić information content (AvgIpc) is 2.18. The lowest BCUT2D eigenvalue weighted by Gasteiger charge is -2.19. The smallest absolute Gasteiger partial charge is 0.0400 e. The topological polar surface area (TPSA) is 36.1 Å². The zero-order valence-electron chi connectivity index (χ0n) is 9.82. The van der Waals surface area contributed by atoms with Gasteiger partial charge in [-0.05, 0) is 20.5 Å². The van der Waals surface area contributed by atoms with Crippen molar-refractivity contribution in [2.45, 2.75) is 25.8 Å². The summed E-state index contributed by atoms with van der Waals surface area (Å²) in [6.45, 7) is 9.27. The van der Waals surface area contributed by atoms with Crippen molar-refractivity contribution in [3.8, 4) is 0 Å². The van der Waals surface area contributed by atoms with Gasteiger partial charge in [-0.1, -0.05) is 25.5 Å². The van der Waals surface area contributed by atoms with Crippen LogP contribution in [0.3, 0.4) is 0 Å². The van der Waals surface area contributed by atoms with Crippen LogP contribution in [-0.2, 0) is 0 Å². The molecule has 84 valence electrons. The zero-order valence-corrected chi connectivity index (χ0v) is 9.82. The summed E-state index contributed by atoms with van der Waals surface area (Å²) in [5.74, 6) is 0. The first-order valence-corrected chi connectivity index (χ1v) is 5.46. The molecule has 14 heavy (non-hydrogen) atoms. The van der Waals surface area contributed by atoms with Gasteiger partial charge in [0.15, 0.2) is 0 Å². The standard InChI is InChI=1S/C11H25N3/c1-5-6-10(2)11(13-4)9-14-8-7-12-3/h11-14H,2,5-9H2,1,3-4H3. The molecule has 0 heterocycles. The van der Waals surface area contributed by atoms with Gasteiger partial charge >= 0.3 is 0 Å². The van der Waals surface area contributed by atoms with E-state index in [0.717, 1.165) is 26.1 Å². The third-order valence-electron chi connectivity index (χ3n) is 2.31. The maximum atomic E-state index is 4.10. The van der Waals surface area contributed by atoms with E-state index >= 15 is 0 Å². The fraction of sp³-hybridized carbons (Fsp3) is 0.818. The molecule has 1 atom stereocenters. The van der Waals surface area contributed by atoms with Crippen molar-refractivity contribution in [1.29, 1.82) is 0 Å². The average molecular weight is 199 g/mol. The molecule has 0 saturated carbocycles. The highest BCUT2D eigenvalue weighted by atomic mass is 15.0. The number of nitrogens with one attached hydrogen (secondary N) is 3. The van der Waals surface area contributed by atoms with Crippen molar-refractivity contribution in [2.75, 3.05) is 33.7 Å². The van der Waals surface area contributed by atoms with E-state index in [2.05, 4.69) is 29.5 Å². The molecule has 1 unspecified atom stereocenters. The quantitative estimate of drug-likeness (QED) is 0.379. The summed E-state index contributed by atoms with van der Waals surface area (Å²) in [7, 11) is 3.96. The van der Waals surface area contributed by atoms with Crippen molar-refractivity contribution in [1.82, 2.24) is 16.0 Å². The molecule has 0 bridgehead atoms. The number of hydrogen-bond donors (Lipinski definition) is 3. The van der Waals surface area contributed by atoms with Crippen LogP contribution in [0.1, 0.15) is 19.8 Å². The van der Waals surface area contributed by atoms with Crippen LogP contribution >= 0.6 is 0 Å². The first kappa shape index (κ1) is 13.6. The Hall–Kier alpha value is -0.380. The lowest BCUT2D eigenvalue weighted by Crippen LogP contribution is -2.39. The fourth-order valence-corrected chi connectivity index (χ4v) is 1.41. The molecule has 3 heteroatoms. The van der Waals surface area contributed by atoms with E-state index in [0.29, 0.717) is 6.04 Å². The van der Waals surface area contributed by atoms with Crippen LogP contribution in [-0.4, -0.2) is 39.8 Å². The summed E-state index contributed by atoms with van der Waals surface area (Å²) >= 11 is 0. The minimum atomic E-state index is 0.409. The van der Waals surface area contributed by atoms with E-state index in [4.69, 9.17) is 0 Å². The Balaban J connectivity index is 3.62. The molecule has 0 aromatic rings. The predicted octanol–water partition coefficient (Wildman–Crippen LogP) is 0.740. The number of hydrogen-bond acceptors (Lipinski definition) is 3. The summed E-state index contributed by atoms with van der Waals surface area (Å²) in [5.41, 5.74) is 1.30. The van der Waals surface area contributed by atoms with E-state index in [-0.39, 0.29) is 0 Å². The van der Waals surface area contributed by atoms with Gasteiger partial charge in [-0.2, -0.15) is 0 Å². The Morgan fingerprint density at radius 1 is 1.29 bits per heavy atom. The Labute approximate surface area is 88.3 Å². The molecule has 0 fully saturated rings. The molecule has 0 aromatic heterocycles. The fourth-order valence-electron chi connectivity index (χ4n) is 1.41. The Morgan fingerprint density at radius 3 is 2.50 bits per heavy atom. The van der Waals surface area contributed by atoms with Crippen LogP contribution in [0.5, 0.6) is 0 Å². The van der Waals surface area contributed by atoms with Gasteiger partial charge in [0.25, 0.3) is 0 Å². The number of rotatable bonds is 9. The third kappa shape index (κ3) is 6.13. The van der Waals surface area contributed by atoms with E-state index in [9.17, 15) is 0 Å². The van der Waals surface area contributed by atoms with Crippen LogP contribution in [0.25, 0.3) is 0 Å². The van der Waals surface area contributed by atoms with Gasteiger partial charge in [-0.25, -0.2) is 0 Å². The maximum absolute atomic E-state index is 4.10. The Kier molecular flexibility index (Phi) is 8.94. The minimum absolute atomic E-state index is 0.409. The lowest BCUT2D eigenvalue weighted by atomic mass is 10.0. The van der Waals surface area contributed by atoms with Crippen LogP contribution in [0.2, 0.25) is 0 Å². The minimum Gasteiger partial charge on any atom is -0.318 e. The van der Waals surface area contributed by atoms with Crippen LogP contribution in [0.4, 0.5) is 0 Å². The largest absolute Gasteiger partial charge is 0.318 e. The molecule has 0 aliphatic heterocycles. The van der Waals surface area contributed by atoms with Gasteiger partial charge < -0.3 is 16.0 Å². The molecule has 0 aliphatic rings. The van der Waals surface area contributed by atoms with Gasteiger partial charge in [0, 0.05) is 25.7 Å². The molecule has 0 aromatic carbocycles. The molecule has 3 nitrogen and oxygen atoms in total. The molecule has 0 rings (SSSR count). The van der Waals surface area contributed by atoms with Crippen molar-refractivity contribution in [3.63, 3.8) is 0 Å². The van der Waals surface area contributed by atoms with E-state index < -0.39 is 0 Å². The SMILES string of the molecule is C=C(CCC)C(CNCCNC)NC. The van der Waals surface area contributed by atoms with Crippen molar-refractivity contribution in [3.05, 3.63) is 12.2 Å². The monoisotopic (exact) mass is 199 g/mol.